The molecule has 162 valence electrons. The molecule has 0 aliphatic carbocycles. The van der Waals surface area contributed by atoms with Crippen LogP contribution < -0.4 is 15.0 Å². The molecule has 1 heterocycles. The van der Waals surface area contributed by atoms with Crippen LogP contribution in [0.2, 0.25) is 5.02 Å². The molecule has 5 nitrogen and oxygen atoms in total. The van der Waals surface area contributed by atoms with Crippen LogP contribution in [-0.4, -0.2) is 9.78 Å². The summed E-state index contributed by atoms with van der Waals surface area (Å²) in [5.41, 5.74) is 0.582. The Bertz CT molecular complexity index is 1460. The average molecular weight is 455 g/mol. The van der Waals surface area contributed by atoms with E-state index in [0.717, 1.165) is 22.1 Å². The van der Waals surface area contributed by atoms with Crippen molar-refractivity contribution in [1.29, 1.82) is 0 Å². The number of hydrogen-bond donors (Lipinski definition) is 0. The first-order valence-corrected chi connectivity index (χ1v) is 10.8. The molecule has 33 heavy (non-hydrogen) atoms. The molecule has 0 bridgehead atoms. The number of fused-ring (bicyclic) bond motifs is 1. The zero-order chi connectivity index (χ0) is 22.6. The summed E-state index contributed by atoms with van der Waals surface area (Å²) in [6.07, 6.45) is 1.43. The van der Waals surface area contributed by atoms with Crippen molar-refractivity contribution in [2.24, 2.45) is 0 Å². The third-order valence-electron chi connectivity index (χ3n) is 5.18. The number of rotatable bonds is 6. The lowest BCUT2D eigenvalue weighted by atomic mass is 10.0. The lowest BCUT2D eigenvalue weighted by Gasteiger charge is -2.12. The summed E-state index contributed by atoms with van der Waals surface area (Å²) in [4.78, 5) is 13.1. The van der Waals surface area contributed by atoms with E-state index in [1.165, 1.54) is 10.9 Å². The lowest BCUT2D eigenvalue weighted by Crippen LogP contribution is -2.24. The van der Waals surface area contributed by atoms with Crippen LogP contribution in [0.15, 0.2) is 108 Å². The zero-order valence-corrected chi connectivity index (χ0v) is 18.3. The standard InChI is InChI=1S/C27H19ClN2O3/c28-25-17-29-30(18-20-9-6-8-19-7-4-5-12-24(19)20)27(31)26(25)33-23-15-13-22(14-16-23)32-21-10-2-1-3-11-21/h1-17H,18H2. The molecule has 0 aliphatic heterocycles. The van der Waals surface area contributed by atoms with Crippen molar-refractivity contribution < 1.29 is 9.47 Å². The summed E-state index contributed by atoms with van der Waals surface area (Å²) in [5.74, 6) is 1.89. The Morgan fingerprint density at radius 2 is 1.36 bits per heavy atom. The van der Waals surface area contributed by atoms with Crippen LogP contribution in [0.25, 0.3) is 10.8 Å². The number of ether oxygens (including phenoxy) is 2. The number of benzene rings is 4. The molecule has 0 saturated carbocycles. The van der Waals surface area contributed by atoms with Crippen molar-refractivity contribution in [1.82, 2.24) is 9.78 Å². The van der Waals surface area contributed by atoms with Gasteiger partial charge in [0.2, 0.25) is 5.75 Å². The van der Waals surface area contributed by atoms with E-state index in [0.29, 0.717) is 18.0 Å². The maximum Gasteiger partial charge on any atom is 0.311 e. The molecule has 0 fully saturated rings. The van der Waals surface area contributed by atoms with Crippen LogP contribution in [0.1, 0.15) is 5.56 Å². The van der Waals surface area contributed by atoms with Crippen molar-refractivity contribution >= 4 is 22.4 Å². The highest BCUT2D eigenvalue weighted by atomic mass is 35.5. The van der Waals surface area contributed by atoms with Gasteiger partial charge in [0, 0.05) is 0 Å². The van der Waals surface area contributed by atoms with E-state index >= 15 is 0 Å². The van der Waals surface area contributed by atoms with Gasteiger partial charge in [-0.2, -0.15) is 5.10 Å². The predicted octanol–water partition coefficient (Wildman–Crippen LogP) is 6.68. The molecule has 0 amide bonds. The summed E-state index contributed by atoms with van der Waals surface area (Å²) in [5, 5.41) is 6.54. The third-order valence-corrected chi connectivity index (χ3v) is 5.45. The van der Waals surface area contributed by atoms with Crippen LogP contribution in [0.5, 0.6) is 23.0 Å². The Morgan fingerprint density at radius 3 is 2.15 bits per heavy atom. The monoisotopic (exact) mass is 454 g/mol. The maximum atomic E-state index is 13.1. The van der Waals surface area contributed by atoms with E-state index in [-0.39, 0.29) is 10.8 Å². The highest BCUT2D eigenvalue weighted by molar-refractivity contribution is 6.31. The van der Waals surface area contributed by atoms with Crippen molar-refractivity contribution in [3.63, 3.8) is 0 Å². The van der Waals surface area contributed by atoms with Gasteiger partial charge in [0.1, 0.15) is 22.3 Å². The minimum atomic E-state index is -0.403. The maximum absolute atomic E-state index is 13.1. The molecule has 0 N–H and O–H groups in total. The largest absolute Gasteiger partial charge is 0.457 e. The molecule has 4 aromatic carbocycles. The molecular weight excluding hydrogens is 436 g/mol. The van der Waals surface area contributed by atoms with Crippen LogP contribution in [0, 0.1) is 0 Å². The Hall–Kier alpha value is -4.09. The van der Waals surface area contributed by atoms with Gasteiger partial charge >= 0.3 is 5.56 Å². The van der Waals surface area contributed by atoms with Crippen molar-refractivity contribution in [3.05, 3.63) is 124 Å². The summed E-state index contributed by atoms with van der Waals surface area (Å²) in [6.45, 7) is 0.303. The first-order chi connectivity index (χ1) is 16.2. The molecule has 0 saturated heterocycles. The molecular formula is C27H19ClN2O3. The van der Waals surface area contributed by atoms with Crippen molar-refractivity contribution in [2.75, 3.05) is 0 Å². The van der Waals surface area contributed by atoms with Crippen LogP contribution in [0.3, 0.4) is 0 Å². The van der Waals surface area contributed by atoms with Crippen molar-refractivity contribution in [2.45, 2.75) is 6.54 Å². The van der Waals surface area contributed by atoms with Gasteiger partial charge in [-0.05, 0) is 52.7 Å². The van der Waals surface area contributed by atoms with E-state index in [2.05, 4.69) is 5.10 Å². The lowest BCUT2D eigenvalue weighted by molar-refractivity contribution is 0.454. The van der Waals surface area contributed by atoms with E-state index in [9.17, 15) is 4.79 Å². The van der Waals surface area contributed by atoms with Crippen LogP contribution >= 0.6 is 11.6 Å². The van der Waals surface area contributed by atoms with Crippen LogP contribution in [-0.2, 0) is 6.54 Å². The van der Waals surface area contributed by atoms with E-state index in [1.807, 2.05) is 72.8 Å². The van der Waals surface area contributed by atoms with E-state index < -0.39 is 5.56 Å². The summed E-state index contributed by atoms with van der Waals surface area (Å²) in [7, 11) is 0. The van der Waals surface area contributed by atoms with Crippen molar-refractivity contribution in [3.8, 4) is 23.0 Å². The quantitative estimate of drug-likeness (QED) is 0.287. The SMILES string of the molecule is O=c1c(Oc2ccc(Oc3ccccc3)cc2)c(Cl)cnn1Cc1cccc2ccccc12. The van der Waals surface area contributed by atoms with Gasteiger partial charge in [-0.1, -0.05) is 72.3 Å². The highest BCUT2D eigenvalue weighted by Gasteiger charge is 2.14. The highest BCUT2D eigenvalue weighted by Crippen LogP contribution is 2.28. The fourth-order valence-electron chi connectivity index (χ4n) is 3.57. The van der Waals surface area contributed by atoms with Gasteiger partial charge in [0.05, 0.1) is 12.7 Å². The molecule has 0 radical (unpaired) electrons. The van der Waals surface area contributed by atoms with Gasteiger partial charge in [-0.25, -0.2) is 4.68 Å². The summed E-state index contributed by atoms with van der Waals surface area (Å²) < 4.78 is 13.0. The number of hydrogen-bond acceptors (Lipinski definition) is 4. The molecule has 5 rings (SSSR count). The first-order valence-electron chi connectivity index (χ1n) is 10.4. The summed E-state index contributed by atoms with van der Waals surface area (Å²) in [6, 6.07) is 30.5. The zero-order valence-electron chi connectivity index (χ0n) is 17.5. The van der Waals surface area contributed by atoms with Gasteiger partial charge in [-0.15, -0.1) is 0 Å². The van der Waals surface area contributed by atoms with E-state index in [4.69, 9.17) is 21.1 Å². The van der Waals surface area contributed by atoms with Gasteiger partial charge in [0.25, 0.3) is 0 Å². The first kappa shape index (κ1) is 20.8. The number of halogens is 1. The number of nitrogens with zero attached hydrogens (tertiary/aromatic N) is 2. The second-order valence-corrected chi connectivity index (χ2v) is 7.82. The molecule has 6 heteroatoms. The van der Waals surface area contributed by atoms with Gasteiger partial charge in [-0.3, -0.25) is 4.79 Å². The molecule has 0 unspecified atom stereocenters. The Labute approximate surface area is 195 Å². The smallest absolute Gasteiger partial charge is 0.311 e. The number of aromatic nitrogens is 2. The van der Waals surface area contributed by atoms with Gasteiger partial charge in [0.15, 0.2) is 0 Å². The molecule has 0 atom stereocenters. The van der Waals surface area contributed by atoms with Gasteiger partial charge < -0.3 is 9.47 Å². The minimum absolute atomic E-state index is 0.0311. The fourth-order valence-corrected chi connectivity index (χ4v) is 3.73. The number of para-hydroxylation sites is 1. The molecule has 1 aromatic heterocycles. The molecule has 0 aliphatic rings. The molecule has 5 aromatic rings. The second kappa shape index (κ2) is 9.18. The second-order valence-electron chi connectivity index (χ2n) is 7.41. The minimum Gasteiger partial charge on any atom is -0.457 e. The fraction of sp³-hybridized carbons (Fsp3) is 0.0370. The third kappa shape index (κ3) is 4.59. The molecule has 0 spiro atoms. The topological polar surface area (TPSA) is 53.4 Å². The van der Waals surface area contributed by atoms with Crippen LogP contribution in [0.4, 0.5) is 0 Å². The predicted molar refractivity (Wildman–Crippen MR) is 130 cm³/mol. The van der Waals surface area contributed by atoms with E-state index in [1.54, 1.807) is 24.3 Å². The normalized spacial score (nSPS) is 10.8. The summed E-state index contributed by atoms with van der Waals surface area (Å²) >= 11 is 6.26. The Kier molecular flexibility index (Phi) is 5.79. The Balaban J connectivity index is 1.39. The Morgan fingerprint density at radius 1 is 0.727 bits per heavy atom. The average Bonchev–Trinajstić information content (AvgIpc) is 2.85.